The van der Waals surface area contributed by atoms with Crippen LogP contribution in [0.2, 0.25) is 0 Å². The van der Waals surface area contributed by atoms with Gasteiger partial charge in [0.1, 0.15) is 0 Å². The highest BCUT2D eigenvalue weighted by atomic mass is 32.2. The van der Waals surface area contributed by atoms with E-state index in [2.05, 4.69) is 30.3 Å². The number of rotatable bonds is 13. The fourth-order valence-electron chi connectivity index (χ4n) is 2.23. The summed E-state index contributed by atoms with van der Waals surface area (Å²) in [7, 11) is -15.0. The maximum absolute atomic E-state index is 11.3. The molecule has 0 saturated carbocycles. The number of anilines is 3. The van der Waals surface area contributed by atoms with Gasteiger partial charge in [-0.2, -0.15) is 31.8 Å². The monoisotopic (exact) mass is 622 g/mol. The minimum Gasteiger partial charge on any atom is -0.353 e. The Kier molecular flexibility index (Phi) is 12.7. The van der Waals surface area contributed by atoms with Gasteiger partial charge in [-0.05, 0) is 24.6 Å². The standard InChI is InChI=1S/C15H22N6O8S4.O3S/c1-31(22,23)17-7-6-16-13-19-14(18-11-4-2-5-12(10-11)33(27,28)29)21-15(20-13)30-8-3-9-32(24,25)26;1-4(2)3/h2,4-5,10,17H,3,6-9H2,1H3,(H,24,25,26)(H,27,28,29)(H2,16,18,19,20,21);. The number of aromatic nitrogens is 3. The molecule has 0 fully saturated rings. The van der Waals surface area contributed by atoms with Crippen molar-refractivity contribution in [1.82, 2.24) is 19.7 Å². The predicted octanol–water partition coefficient (Wildman–Crippen LogP) is -0.811. The zero-order valence-corrected chi connectivity index (χ0v) is 22.9. The molecule has 0 radical (unpaired) electrons. The van der Waals surface area contributed by atoms with Gasteiger partial charge in [-0.25, -0.2) is 13.1 Å². The van der Waals surface area contributed by atoms with Gasteiger partial charge in [-0.15, -0.1) is 12.6 Å². The second-order valence-corrected chi connectivity index (χ2v) is 13.0. The Labute approximate surface area is 218 Å². The van der Waals surface area contributed by atoms with Crippen LogP contribution in [-0.4, -0.2) is 92.8 Å². The zero-order chi connectivity index (χ0) is 28.3. The first-order valence-electron chi connectivity index (χ1n) is 9.58. The Bertz CT molecular complexity index is 1430. The molecule has 2 aromatic rings. The van der Waals surface area contributed by atoms with Crippen LogP contribution in [0.5, 0.6) is 0 Å². The molecule has 17 nitrogen and oxygen atoms in total. The molecular weight excluding hydrogens is 601 g/mol. The normalized spacial score (nSPS) is 11.8. The van der Waals surface area contributed by atoms with E-state index in [9.17, 15) is 29.8 Å². The Morgan fingerprint density at radius 1 is 0.946 bits per heavy atom. The summed E-state index contributed by atoms with van der Waals surface area (Å²) in [5, 5.41) is 5.80. The SMILES string of the molecule is CS(=O)(=O)NCCNc1nc(Nc2cccc(S(=O)(=O)O)c2)nc(SCCCS(=O)(=O)O)n1.O=S(=O)=O. The molecule has 0 amide bonds. The number of sulfonamides is 1. The quantitative estimate of drug-likeness (QED) is 0.104. The van der Waals surface area contributed by atoms with Crippen molar-refractivity contribution in [1.29, 1.82) is 0 Å². The molecular formula is C15H22N6O11S5. The summed E-state index contributed by atoms with van der Waals surface area (Å²) < 4.78 is 112. The molecule has 0 unspecified atom stereocenters. The zero-order valence-electron chi connectivity index (χ0n) is 18.8. The van der Waals surface area contributed by atoms with Gasteiger partial charge in [0, 0.05) is 24.5 Å². The average molecular weight is 623 g/mol. The second kappa shape index (κ2) is 14.5. The van der Waals surface area contributed by atoms with E-state index >= 15 is 0 Å². The lowest BCUT2D eigenvalue weighted by Gasteiger charge is -2.11. The number of nitrogens with zero attached hydrogens (tertiary/aromatic N) is 3. The van der Waals surface area contributed by atoms with Gasteiger partial charge in [0.05, 0.1) is 16.9 Å². The van der Waals surface area contributed by atoms with Crippen LogP contribution in [0.3, 0.4) is 0 Å². The van der Waals surface area contributed by atoms with Crippen molar-refractivity contribution in [2.24, 2.45) is 0 Å². The predicted molar refractivity (Wildman–Crippen MR) is 132 cm³/mol. The van der Waals surface area contributed by atoms with E-state index in [1.165, 1.54) is 24.3 Å². The summed E-state index contributed by atoms with van der Waals surface area (Å²) in [5.41, 5.74) is 0.253. The molecule has 0 saturated heterocycles. The van der Waals surface area contributed by atoms with E-state index in [-0.39, 0.29) is 52.9 Å². The Hall–Kier alpha value is -2.47. The van der Waals surface area contributed by atoms with Crippen molar-refractivity contribution < 1.29 is 47.0 Å². The molecule has 208 valence electrons. The number of hydrogen-bond acceptors (Lipinski definition) is 15. The van der Waals surface area contributed by atoms with Gasteiger partial charge in [0.15, 0.2) is 5.16 Å². The largest absolute Gasteiger partial charge is 0.425 e. The highest BCUT2D eigenvalue weighted by Gasteiger charge is 2.12. The van der Waals surface area contributed by atoms with Crippen LogP contribution in [0.15, 0.2) is 34.3 Å². The molecule has 37 heavy (non-hydrogen) atoms. The van der Waals surface area contributed by atoms with E-state index in [0.717, 1.165) is 18.0 Å². The Morgan fingerprint density at radius 3 is 2.14 bits per heavy atom. The maximum atomic E-state index is 11.3. The summed E-state index contributed by atoms with van der Waals surface area (Å²) in [6, 6.07) is 5.28. The molecule has 0 aliphatic rings. The Balaban J connectivity index is 0.00000159. The van der Waals surface area contributed by atoms with Crippen LogP contribution in [0.1, 0.15) is 6.42 Å². The summed E-state index contributed by atoms with van der Waals surface area (Å²) >= 11 is 1.09. The smallest absolute Gasteiger partial charge is 0.353 e. The third-order valence-corrected chi connectivity index (χ3v) is 6.87. The van der Waals surface area contributed by atoms with Gasteiger partial charge < -0.3 is 10.6 Å². The molecule has 5 N–H and O–H groups in total. The highest BCUT2D eigenvalue weighted by molar-refractivity contribution is 7.99. The van der Waals surface area contributed by atoms with Crippen molar-refractivity contribution in [3.8, 4) is 0 Å². The van der Waals surface area contributed by atoms with Crippen LogP contribution < -0.4 is 15.4 Å². The van der Waals surface area contributed by atoms with Gasteiger partial charge in [0.2, 0.25) is 21.9 Å². The van der Waals surface area contributed by atoms with Gasteiger partial charge in [-0.1, -0.05) is 17.8 Å². The van der Waals surface area contributed by atoms with Crippen LogP contribution in [-0.2, 0) is 40.9 Å². The van der Waals surface area contributed by atoms with E-state index in [4.69, 9.17) is 17.2 Å². The minimum absolute atomic E-state index is 0.00772. The fourth-order valence-corrected chi connectivity index (χ4v) is 4.70. The first kappa shape index (κ1) is 32.6. The van der Waals surface area contributed by atoms with Crippen LogP contribution in [0.4, 0.5) is 17.6 Å². The van der Waals surface area contributed by atoms with Gasteiger partial charge >= 0.3 is 10.6 Å². The first-order chi connectivity index (χ1) is 16.9. The molecule has 0 atom stereocenters. The minimum atomic E-state index is -4.42. The molecule has 1 aromatic carbocycles. The van der Waals surface area contributed by atoms with Crippen molar-refractivity contribution >= 4 is 70.2 Å². The fraction of sp³-hybridized carbons (Fsp3) is 0.400. The number of nitrogens with one attached hydrogen (secondary N) is 3. The molecule has 22 heteroatoms. The van der Waals surface area contributed by atoms with Gasteiger partial charge in [-0.3, -0.25) is 9.11 Å². The van der Waals surface area contributed by atoms with Crippen molar-refractivity contribution in [2.45, 2.75) is 16.5 Å². The highest BCUT2D eigenvalue weighted by Crippen LogP contribution is 2.22. The summed E-state index contributed by atoms with van der Waals surface area (Å²) in [6.45, 7) is 0.197. The summed E-state index contributed by atoms with van der Waals surface area (Å²) in [4.78, 5) is 12.1. The molecule has 1 heterocycles. The van der Waals surface area contributed by atoms with E-state index < -0.39 is 46.6 Å². The molecule has 2 rings (SSSR count). The lowest BCUT2D eigenvalue weighted by Crippen LogP contribution is -2.28. The summed E-state index contributed by atoms with van der Waals surface area (Å²) in [6.07, 6.45) is 1.15. The van der Waals surface area contributed by atoms with E-state index in [1.807, 2.05) is 0 Å². The van der Waals surface area contributed by atoms with Crippen LogP contribution in [0, 0.1) is 0 Å². The van der Waals surface area contributed by atoms with E-state index in [1.54, 1.807) is 0 Å². The van der Waals surface area contributed by atoms with E-state index in [0.29, 0.717) is 0 Å². The van der Waals surface area contributed by atoms with Gasteiger partial charge in [0.25, 0.3) is 20.2 Å². The second-order valence-electron chi connectivity index (χ2n) is 6.68. The molecule has 0 bridgehead atoms. The average Bonchev–Trinajstić information content (AvgIpc) is 2.72. The molecule has 0 spiro atoms. The number of thioether (sulfide) groups is 1. The summed E-state index contributed by atoms with van der Waals surface area (Å²) in [5.74, 6) is -0.0865. The molecule has 0 aliphatic heterocycles. The first-order valence-corrected chi connectivity index (χ1v) is 16.5. The maximum Gasteiger partial charge on any atom is 0.425 e. The number of hydrogen-bond donors (Lipinski definition) is 5. The van der Waals surface area contributed by atoms with Crippen molar-refractivity contribution in [3.63, 3.8) is 0 Å². The molecule has 0 aliphatic carbocycles. The number of benzene rings is 1. The lowest BCUT2D eigenvalue weighted by molar-refractivity contribution is 0.480. The van der Waals surface area contributed by atoms with Crippen LogP contribution >= 0.6 is 11.8 Å². The lowest BCUT2D eigenvalue weighted by atomic mass is 10.3. The Morgan fingerprint density at radius 2 is 1.57 bits per heavy atom. The van der Waals surface area contributed by atoms with Crippen LogP contribution in [0.25, 0.3) is 0 Å². The third kappa shape index (κ3) is 16.1. The molecule has 1 aromatic heterocycles. The van der Waals surface area contributed by atoms with Crippen molar-refractivity contribution in [2.75, 3.05) is 41.5 Å². The van der Waals surface area contributed by atoms with Crippen molar-refractivity contribution in [3.05, 3.63) is 24.3 Å². The topological polar surface area (TPSA) is 269 Å². The third-order valence-electron chi connectivity index (χ3n) is 3.55.